The van der Waals surface area contributed by atoms with Gasteiger partial charge in [0, 0.05) is 31.5 Å². The molecule has 0 N–H and O–H groups in total. The fraction of sp³-hybridized carbons (Fsp3) is 0.471. The Hall–Kier alpha value is -2.42. The van der Waals surface area contributed by atoms with Crippen LogP contribution in [0.3, 0.4) is 0 Å². The summed E-state index contributed by atoms with van der Waals surface area (Å²) in [6.07, 6.45) is 6.35. The standard InChI is InChI=1S/C17H19N5O3S/c1-11-18-5-8-21(11)10-14(23)20-6-2-12(3-7-20)22-16(24)15-13(4-9-26-15)19-17(22)25/h4-5,8-9,12,15H,2-3,6-7,10H2,1H3. The molecule has 1 atom stereocenters. The molecule has 1 aromatic heterocycles. The number of aromatic nitrogens is 2. The van der Waals surface area contributed by atoms with E-state index in [1.807, 2.05) is 11.5 Å². The number of aryl methyl sites for hydroxylation is 1. The first-order valence-corrected chi connectivity index (χ1v) is 9.52. The van der Waals surface area contributed by atoms with Gasteiger partial charge >= 0.3 is 6.03 Å². The highest BCUT2D eigenvalue weighted by atomic mass is 32.2. The molecule has 0 radical (unpaired) electrons. The van der Waals surface area contributed by atoms with E-state index in [-0.39, 0.29) is 24.4 Å². The molecule has 0 aromatic carbocycles. The van der Waals surface area contributed by atoms with Gasteiger partial charge in [0.15, 0.2) is 0 Å². The van der Waals surface area contributed by atoms with Crippen LogP contribution >= 0.6 is 11.8 Å². The first-order valence-electron chi connectivity index (χ1n) is 8.58. The van der Waals surface area contributed by atoms with Crippen molar-refractivity contribution in [3.8, 4) is 0 Å². The summed E-state index contributed by atoms with van der Waals surface area (Å²) in [4.78, 5) is 48.7. The van der Waals surface area contributed by atoms with Crippen molar-refractivity contribution >= 4 is 35.3 Å². The molecule has 136 valence electrons. The topological polar surface area (TPSA) is 87.9 Å². The van der Waals surface area contributed by atoms with Crippen LogP contribution in [0.25, 0.3) is 0 Å². The number of hydrogen-bond acceptors (Lipinski definition) is 5. The number of imidazole rings is 1. The lowest BCUT2D eigenvalue weighted by Gasteiger charge is -2.38. The number of nitrogens with zero attached hydrogens (tertiary/aromatic N) is 5. The molecule has 0 saturated carbocycles. The second kappa shape index (κ2) is 6.71. The molecular weight excluding hydrogens is 354 g/mol. The number of carbonyl (C=O) groups is 3. The molecule has 0 spiro atoms. The quantitative estimate of drug-likeness (QED) is 0.795. The highest BCUT2D eigenvalue weighted by molar-refractivity contribution is 8.04. The number of likely N-dealkylation sites (tertiary alicyclic amines) is 1. The Balaban J connectivity index is 1.38. The Morgan fingerprint density at radius 2 is 2.08 bits per heavy atom. The Morgan fingerprint density at radius 3 is 2.77 bits per heavy atom. The fourth-order valence-electron chi connectivity index (χ4n) is 3.54. The minimum absolute atomic E-state index is 0.0247. The summed E-state index contributed by atoms with van der Waals surface area (Å²) < 4.78 is 1.81. The molecule has 4 heterocycles. The van der Waals surface area contributed by atoms with Gasteiger partial charge in [0.25, 0.3) is 5.91 Å². The molecule has 1 saturated heterocycles. The van der Waals surface area contributed by atoms with Crippen molar-refractivity contribution in [3.63, 3.8) is 0 Å². The van der Waals surface area contributed by atoms with Crippen LogP contribution in [0.15, 0.2) is 28.9 Å². The van der Waals surface area contributed by atoms with Crippen LogP contribution in [0.1, 0.15) is 18.7 Å². The zero-order valence-corrected chi connectivity index (χ0v) is 15.2. The molecule has 9 heteroatoms. The summed E-state index contributed by atoms with van der Waals surface area (Å²) in [5, 5.41) is 1.41. The number of amides is 4. The van der Waals surface area contributed by atoms with Crippen LogP contribution in [0.4, 0.5) is 4.79 Å². The lowest BCUT2D eigenvalue weighted by Crippen LogP contribution is -2.55. The van der Waals surface area contributed by atoms with Crippen molar-refractivity contribution in [1.29, 1.82) is 0 Å². The van der Waals surface area contributed by atoms with Gasteiger partial charge in [0.2, 0.25) is 5.91 Å². The van der Waals surface area contributed by atoms with E-state index >= 15 is 0 Å². The van der Waals surface area contributed by atoms with Gasteiger partial charge in [-0.05, 0) is 31.2 Å². The van der Waals surface area contributed by atoms with Gasteiger partial charge in [0.1, 0.15) is 17.6 Å². The van der Waals surface area contributed by atoms with E-state index in [9.17, 15) is 14.4 Å². The lowest BCUT2D eigenvalue weighted by atomic mass is 10.0. The number of hydrogen-bond donors (Lipinski definition) is 0. The molecular formula is C17H19N5O3S. The third-order valence-corrected chi connectivity index (χ3v) is 6.03. The number of aliphatic imine (C=N–C) groups is 1. The van der Waals surface area contributed by atoms with Crippen LogP contribution < -0.4 is 0 Å². The third-order valence-electron chi connectivity index (χ3n) is 5.03. The van der Waals surface area contributed by atoms with E-state index < -0.39 is 11.3 Å². The van der Waals surface area contributed by atoms with E-state index in [2.05, 4.69) is 9.98 Å². The summed E-state index contributed by atoms with van der Waals surface area (Å²) in [6.45, 7) is 3.18. The summed E-state index contributed by atoms with van der Waals surface area (Å²) in [5.41, 5.74) is 0.546. The van der Waals surface area contributed by atoms with E-state index in [0.717, 1.165) is 5.82 Å². The first kappa shape index (κ1) is 17.0. The molecule has 26 heavy (non-hydrogen) atoms. The number of urea groups is 1. The number of piperidine rings is 1. The van der Waals surface area contributed by atoms with Gasteiger partial charge in [-0.2, -0.15) is 4.99 Å². The van der Waals surface area contributed by atoms with E-state index in [1.54, 1.807) is 28.8 Å². The number of thioether (sulfide) groups is 1. The van der Waals surface area contributed by atoms with Crippen LogP contribution in [-0.4, -0.2) is 67.3 Å². The van der Waals surface area contributed by atoms with Gasteiger partial charge < -0.3 is 9.47 Å². The van der Waals surface area contributed by atoms with Crippen molar-refractivity contribution in [1.82, 2.24) is 19.4 Å². The Bertz CT molecular complexity index is 822. The minimum Gasteiger partial charge on any atom is -0.341 e. The predicted molar refractivity (Wildman–Crippen MR) is 96.8 cm³/mol. The van der Waals surface area contributed by atoms with Gasteiger partial charge in [0.05, 0.1) is 5.71 Å². The van der Waals surface area contributed by atoms with Crippen molar-refractivity contribution in [2.45, 2.75) is 37.6 Å². The maximum Gasteiger partial charge on any atom is 0.350 e. The normalized spacial score (nSPS) is 23.4. The number of carbonyl (C=O) groups excluding carboxylic acids is 3. The Kier molecular flexibility index (Phi) is 4.39. The van der Waals surface area contributed by atoms with Crippen molar-refractivity contribution in [2.24, 2.45) is 4.99 Å². The highest BCUT2D eigenvalue weighted by Crippen LogP contribution is 2.30. The second-order valence-electron chi connectivity index (χ2n) is 6.56. The second-order valence-corrected chi connectivity index (χ2v) is 7.58. The summed E-state index contributed by atoms with van der Waals surface area (Å²) >= 11 is 1.39. The third kappa shape index (κ3) is 2.96. The molecule has 1 unspecified atom stereocenters. The number of fused-ring (bicyclic) bond motifs is 1. The predicted octanol–water partition coefficient (Wildman–Crippen LogP) is 1.21. The zero-order valence-electron chi connectivity index (χ0n) is 14.4. The van der Waals surface area contributed by atoms with Gasteiger partial charge in [-0.1, -0.05) is 0 Å². The number of allylic oxidation sites excluding steroid dienone is 1. The van der Waals surface area contributed by atoms with Crippen LogP contribution in [0, 0.1) is 6.92 Å². The smallest absolute Gasteiger partial charge is 0.341 e. The van der Waals surface area contributed by atoms with Crippen LogP contribution in [-0.2, 0) is 16.1 Å². The zero-order chi connectivity index (χ0) is 18.3. The van der Waals surface area contributed by atoms with Crippen molar-refractivity contribution < 1.29 is 14.4 Å². The molecule has 3 aliphatic heterocycles. The minimum atomic E-state index is -0.479. The average molecular weight is 373 g/mol. The molecule has 8 nitrogen and oxygen atoms in total. The summed E-state index contributed by atoms with van der Waals surface area (Å²) in [5.74, 6) is 0.639. The van der Waals surface area contributed by atoms with Crippen molar-refractivity contribution in [2.75, 3.05) is 13.1 Å². The lowest BCUT2D eigenvalue weighted by molar-refractivity contribution is -0.134. The molecule has 3 aliphatic rings. The Morgan fingerprint density at radius 1 is 1.31 bits per heavy atom. The van der Waals surface area contributed by atoms with E-state index in [1.165, 1.54) is 16.7 Å². The van der Waals surface area contributed by atoms with E-state index in [0.29, 0.717) is 31.6 Å². The van der Waals surface area contributed by atoms with Gasteiger partial charge in [-0.25, -0.2) is 9.78 Å². The van der Waals surface area contributed by atoms with E-state index in [4.69, 9.17) is 0 Å². The molecule has 4 rings (SSSR count). The van der Waals surface area contributed by atoms with Crippen LogP contribution in [0.5, 0.6) is 0 Å². The maximum absolute atomic E-state index is 12.7. The molecule has 0 aliphatic carbocycles. The molecule has 1 aromatic rings. The van der Waals surface area contributed by atoms with Gasteiger partial charge in [-0.3, -0.25) is 14.5 Å². The number of rotatable bonds is 3. The SMILES string of the molecule is Cc1nccn1CC(=O)N1CCC(N2C(=O)N=C3C=CSC3C2=O)CC1. The summed E-state index contributed by atoms with van der Waals surface area (Å²) in [7, 11) is 0. The largest absolute Gasteiger partial charge is 0.350 e. The Labute approximate surface area is 154 Å². The molecule has 0 bridgehead atoms. The molecule has 4 amide bonds. The van der Waals surface area contributed by atoms with Gasteiger partial charge in [-0.15, -0.1) is 11.8 Å². The first-order chi connectivity index (χ1) is 12.5. The average Bonchev–Trinajstić information content (AvgIpc) is 3.25. The fourth-order valence-corrected chi connectivity index (χ4v) is 4.41. The monoisotopic (exact) mass is 373 g/mol. The van der Waals surface area contributed by atoms with Crippen LogP contribution in [0.2, 0.25) is 0 Å². The van der Waals surface area contributed by atoms with Crippen molar-refractivity contribution in [3.05, 3.63) is 29.7 Å². The summed E-state index contributed by atoms with van der Waals surface area (Å²) in [6, 6.07) is -0.673. The highest BCUT2D eigenvalue weighted by Gasteiger charge is 2.42. The maximum atomic E-state index is 12.7. The number of imide groups is 1. The molecule has 1 fully saturated rings.